The van der Waals surface area contributed by atoms with Crippen LogP contribution in [0.1, 0.15) is 58.2 Å². The summed E-state index contributed by atoms with van der Waals surface area (Å²) in [6.07, 6.45) is 3.72. The van der Waals surface area contributed by atoms with E-state index in [1.165, 1.54) is 0 Å². The fourth-order valence-electron chi connectivity index (χ4n) is 5.40. The number of anilines is 2. The molecule has 0 aliphatic carbocycles. The topological polar surface area (TPSA) is 87.0 Å². The van der Waals surface area contributed by atoms with Crippen LogP contribution in [0.2, 0.25) is 0 Å². The maximum atomic E-state index is 14.8. The van der Waals surface area contributed by atoms with Crippen LogP contribution in [0.5, 0.6) is 11.6 Å². The van der Waals surface area contributed by atoms with Gasteiger partial charge in [-0.15, -0.1) is 0 Å². The van der Waals surface area contributed by atoms with Crippen LogP contribution in [0.25, 0.3) is 10.9 Å². The summed E-state index contributed by atoms with van der Waals surface area (Å²) < 4.78 is 22.0. The molecule has 2 aliphatic heterocycles. The van der Waals surface area contributed by atoms with Crippen molar-refractivity contribution in [1.29, 1.82) is 0 Å². The van der Waals surface area contributed by atoms with Gasteiger partial charge in [0.05, 0.1) is 18.0 Å². The van der Waals surface area contributed by atoms with Gasteiger partial charge in [-0.25, -0.2) is 9.37 Å². The largest absolute Gasteiger partial charge is 0.493 e. The Morgan fingerprint density at radius 1 is 1.19 bits per heavy atom. The summed E-state index contributed by atoms with van der Waals surface area (Å²) in [6.45, 7) is 11.0. The number of halogens is 1. The van der Waals surface area contributed by atoms with Crippen LogP contribution in [0.15, 0.2) is 24.4 Å². The lowest BCUT2D eigenvalue weighted by Crippen LogP contribution is -2.48. The van der Waals surface area contributed by atoms with E-state index in [0.29, 0.717) is 44.3 Å². The molecule has 5 rings (SSSR count). The molecule has 0 radical (unpaired) electrons. The van der Waals surface area contributed by atoms with Gasteiger partial charge < -0.3 is 29.1 Å². The first-order valence-electron chi connectivity index (χ1n) is 13.1. The fourth-order valence-corrected chi connectivity index (χ4v) is 5.40. The van der Waals surface area contributed by atoms with Crippen LogP contribution in [-0.2, 0) is 4.79 Å². The van der Waals surface area contributed by atoms with Gasteiger partial charge in [0, 0.05) is 51.9 Å². The van der Waals surface area contributed by atoms with Gasteiger partial charge in [-0.05, 0) is 51.3 Å². The van der Waals surface area contributed by atoms with Crippen molar-refractivity contribution in [3.63, 3.8) is 0 Å². The number of aromatic hydroxyl groups is 1. The molecule has 1 amide bonds. The number of benzene rings is 1. The molecule has 0 spiro atoms. The lowest BCUT2D eigenvalue weighted by atomic mass is 10.0. The van der Waals surface area contributed by atoms with Crippen LogP contribution >= 0.6 is 0 Å². The van der Waals surface area contributed by atoms with Crippen molar-refractivity contribution in [1.82, 2.24) is 19.4 Å². The predicted octanol–water partition coefficient (Wildman–Crippen LogP) is 4.27. The average Bonchev–Trinajstić information content (AvgIpc) is 3.50. The number of carbonyl (C=O) groups excluding carboxylic acids is 1. The highest BCUT2D eigenvalue weighted by molar-refractivity contribution is 5.94. The van der Waals surface area contributed by atoms with E-state index in [4.69, 9.17) is 14.7 Å². The van der Waals surface area contributed by atoms with Crippen molar-refractivity contribution in [3.8, 4) is 11.6 Å². The van der Waals surface area contributed by atoms with Crippen molar-refractivity contribution in [2.75, 3.05) is 49.1 Å². The second-order valence-electron chi connectivity index (χ2n) is 10.0. The summed E-state index contributed by atoms with van der Waals surface area (Å²) in [6, 6.07) is 5.16. The number of aromatic nitrogens is 3. The van der Waals surface area contributed by atoms with E-state index in [1.807, 2.05) is 42.5 Å². The lowest BCUT2D eigenvalue weighted by Gasteiger charge is -2.35. The number of hydrogen-bond donors (Lipinski definition) is 1. The third-order valence-electron chi connectivity index (χ3n) is 7.37. The van der Waals surface area contributed by atoms with Gasteiger partial charge in [-0.3, -0.25) is 4.79 Å². The summed E-state index contributed by atoms with van der Waals surface area (Å²) in [7, 11) is 0. The SMILES string of the molecule is CCOc1ccc([C@H]2CCCN2c2nc(N3CCN(C(C)=O)CC3)nc3c(O)n(C(C)C)cc23)cc1F. The van der Waals surface area contributed by atoms with Gasteiger partial charge in [0.15, 0.2) is 11.6 Å². The number of nitrogens with zero attached hydrogens (tertiary/aromatic N) is 6. The van der Waals surface area contributed by atoms with Crippen molar-refractivity contribution in [2.24, 2.45) is 0 Å². The highest BCUT2D eigenvalue weighted by Gasteiger charge is 2.32. The normalized spacial score (nSPS) is 18.3. The molecule has 4 heterocycles. The van der Waals surface area contributed by atoms with E-state index in [1.54, 1.807) is 19.1 Å². The first-order valence-corrected chi connectivity index (χ1v) is 13.1. The number of ether oxygens (including phenoxy) is 1. The van der Waals surface area contributed by atoms with E-state index in [2.05, 4.69) is 9.80 Å². The van der Waals surface area contributed by atoms with E-state index < -0.39 is 0 Å². The minimum atomic E-state index is -0.369. The van der Waals surface area contributed by atoms with E-state index in [-0.39, 0.29) is 35.4 Å². The Morgan fingerprint density at radius 3 is 2.59 bits per heavy atom. The third-order valence-corrected chi connectivity index (χ3v) is 7.37. The van der Waals surface area contributed by atoms with Gasteiger partial charge in [0.2, 0.25) is 17.7 Å². The van der Waals surface area contributed by atoms with Gasteiger partial charge in [0.1, 0.15) is 11.3 Å². The molecule has 9 nitrogen and oxygen atoms in total. The number of rotatable bonds is 6. The Kier molecular flexibility index (Phi) is 6.83. The van der Waals surface area contributed by atoms with Crippen molar-refractivity contribution in [2.45, 2.75) is 52.6 Å². The molecule has 2 aliphatic rings. The minimum Gasteiger partial charge on any atom is -0.493 e. The lowest BCUT2D eigenvalue weighted by molar-refractivity contribution is -0.129. The van der Waals surface area contributed by atoms with Crippen molar-refractivity contribution < 1.29 is 19.0 Å². The van der Waals surface area contributed by atoms with Crippen LogP contribution in [-0.4, -0.2) is 69.8 Å². The molecule has 2 aromatic heterocycles. The molecule has 2 fully saturated rings. The molecular formula is C27H35FN6O3. The average molecular weight is 511 g/mol. The monoisotopic (exact) mass is 510 g/mol. The summed E-state index contributed by atoms with van der Waals surface area (Å²) in [4.78, 5) is 27.7. The zero-order valence-electron chi connectivity index (χ0n) is 21.9. The van der Waals surface area contributed by atoms with Crippen LogP contribution in [0, 0.1) is 5.82 Å². The number of fused-ring (bicyclic) bond motifs is 1. The maximum absolute atomic E-state index is 14.8. The molecule has 1 atom stereocenters. The van der Waals surface area contributed by atoms with Crippen LogP contribution < -0.4 is 14.5 Å². The van der Waals surface area contributed by atoms with Crippen molar-refractivity contribution in [3.05, 3.63) is 35.8 Å². The second-order valence-corrected chi connectivity index (χ2v) is 10.0. The molecule has 0 bridgehead atoms. The molecular weight excluding hydrogens is 475 g/mol. The molecule has 0 saturated carbocycles. The van der Waals surface area contributed by atoms with E-state index in [9.17, 15) is 14.3 Å². The number of carbonyl (C=O) groups is 1. The van der Waals surface area contributed by atoms with Gasteiger partial charge in [-0.1, -0.05) is 6.07 Å². The Hall–Kier alpha value is -3.56. The quantitative estimate of drug-likeness (QED) is 0.530. The van der Waals surface area contributed by atoms with Crippen LogP contribution in [0.3, 0.4) is 0 Å². The third kappa shape index (κ3) is 4.65. The predicted molar refractivity (Wildman–Crippen MR) is 141 cm³/mol. The fraction of sp³-hybridized carbons (Fsp3) is 0.519. The molecule has 0 unspecified atom stereocenters. The molecule has 3 aromatic rings. The summed E-state index contributed by atoms with van der Waals surface area (Å²) in [5.74, 6) is 1.33. The van der Waals surface area contributed by atoms with Gasteiger partial charge in [-0.2, -0.15) is 4.98 Å². The first kappa shape index (κ1) is 25.1. The van der Waals surface area contributed by atoms with Gasteiger partial charge in [0.25, 0.3) is 0 Å². The molecule has 2 saturated heterocycles. The zero-order valence-corrected chi connectivity index (χ0v) is 21.9. The summed E-state index contributed by atoms with van der Waals surface area (Å²) >= 11 is 0. The van der Waals surface area contributed by atoms with E-state index >= 15 is 0 Å². The minimum absolute atomic E-state index is 0.0409. The Balaban J connectivity index is 1.57. The Labute approximate surface area is 216 Å². The number of amides is 1. The Bertz CT molecular complexity index is 1300. The molecule has 1 N–H and O–H groups in total. The Morgan fingerprint density at radius 2 is 1.95 bits per heavy atom. The zero-order chi connectivity index (χ0) is 26.3. The van der Waals surface area contributed by atoms with E-state index in [0.717, 1.165) is 36.2 Å². The standard InChI is InChI=1S/C27H35FN6O3/c1-5-37-23-9-8-19(15-21(23)28)22-7-6-10-33(22)25-20-16-34(17(2)3)26(36)24(20)29-27(30-25)32-13-11-31(12-14-32)18(4)35/h8-9,15-17,22,36H,5-7,10-14H2,1-4H3/t22-/m1/s1. The summed E-state index contributed by atoms with van der Waals surface area (Å²) in [5.41, 5.74) is 1.38. The summed E-state index contributed by atoms with van der Waals surface area (Å²) in [5, 5.41) is 11.9. The van der Waals surface area contributed by atoms with Crippen molar-refractivity contribution >= 4 is 28.6 Å². The molecule has 37 heavy (non-hydrogen) atoms. The molecule has 10 heteroatoms. The molecule has 1 aromatic carbocycles. The second kappa shape index (κ2) is 10.1. The highest BCUT2D eigenvalue weighted by Crippen LogP contribution is 2.42. The smallest absolute Gasteiger partial charge is 0.228 e. The van der Waals surface area contributed by atoms with Gasteiger partial charge >= 0.3 is 0 Å². The highest BCUT2D eigenvalue weighted by atomic mass is 19.1. The maximum Gasteiger partial charge on any atom is 0.228 e. The first-order chi connectivity index (χ1) is 17.8. The molecule has 198 valence electrons. The number of hydrogen-bond acceptors (Lipinski definition) is 7. The number of piperazine rings is 1. The van der Waals surface area contributed by atoms with Crippen LogP contribution in [0.4, 0.5) is 16.2 Å².